The fourth-order valence-corrected chi connectivity index (χ4v) is 1.32. The monoisotopic (exact) mass is 221 g/mol. The van der Waals surface area contributed by atoms with Crippen LogP contribution in [0.25, 0.3) is 0 Å². The second-order valence-corrected chi connectivity index (χ2v) is 4.33. The average Bonchev–Trinajstić information content (AvgIpc) is 2.16. The van der Waals surface area contributed by atoms with Gasteiger partial charge in [0, 0.05) is 18.3 Å². The van der Waals surface area contributed by atoms with Gasteiger partial charge < -0.3 is 10.6 Å². The second kappa shape index (κ2) is 5.49. The van der Waals surface area contributed by atoms with Crippen LogP contribution in [0.5, 0.6) is 0 Å². The molecule has 0 bridgehead atoms. The highest BCUT2D eigenvalue weighted by molar-refractivity contribution is 5.98. The van der Waals surface area contributed by atoms with Crippen LogP contribution in [0, 0.1) is 0 Å². The van der Waals surface area contributed by atoms with E-state index < -0.39 is 0 Å². The lowest BCUT2D eigenvalue weighted by Gasteiger charge is -2.14. The minimum absolute atomic E-state index is 0.0914. The molecule has 0 saturated heterocycles. The molecule has 0 radical (unpaired) electrons. The molecule has 1 rings (SSSR count). The number of rotatable bonds is 4. The van der Waals surface area contributed by atoms with Gasteiger partial charge in [0.15, 0.2) is 0 Å². The van der Waals surface area contributed by atoms with Gasteiger partial charge in [-0.1, -0.05) is 0 Å². The Hall–Kier alpha value is -1.58. The van der Waals surface area contributed by atoms with Gasteiger partial charge in [0.2, 0.25) is 0 Å². The van der Waals surface area contributed by atoms with Gasteiger partial charge in [0.25, 0.3) is 5.91 Å². The third-order valence-electron chi connectivity index (χ3n) is 1.90. The van der Waals surface area contributed by atoms with Crippen molar-refractivity contribution < 1.29 is 4.79 Å². The SMILES string of the molecule is CC(C)NC(=O)c1cccnc1NC(C)C. The average molecular weight is 221 g/mol. The van der Waals surface area contributed by atoms with Crippen LogP contribution in [0.15, 0.2) is 18.3 Å². The zero-order chi connectivity index (χ0) is 12.1. The third kappa shape index (κ3) is 3.53. The maximum Gasteiger partial charge on any atom is 0.255 e. The van der Waals surface area contributed by atoms with Crippen LogP contribution in [0.2, 0.25) is 0 Å². The summed E-state index contributed by atoms with van der Waals surface area (Å²) >= 11 is 0. The number of hydrogen-bond acceptors (Lipinski definition) is 3. The van der Waals surface area contributed by atoms with Crippen molar-refractivity contribution in [3.05, 3.63) is 23.9 Å². The van der Waals surface area contributed by atoms with E-state index in [0.29, 0.717) is 11.4 Å². The Balaban J connectivity index is 2.89. The molecular formula is C12H19N3O. The summed E-state index contributed by atoms with van der Waals surface area (Å²) in [5.74, 6) is 0.543. The van der Waals surface area contributed by atoms with E-state index in [1.54, 1.807) is 18.3 Å². The van der Waals surface area contributed by atoms with Crippen LogP contribution < -0.4 is 10.6 Å². The highest BCUT2D eigenvalue weighted by Gasteiger charge is 2.13. The maximum absolute atomic E-state index is 11.9. The number of anilines is 1. The van der Waals surface area contributed by atoms with Crippen molar-refractivity contribution in [2.24, 2.45) is 0 Å². The number of pyridine rings is 1. The molecule has 1 amide bonds. The lowest BCUT2D eigenvalue weighted by molar-refractivity contribution is 0.0943. The first-order valence-electron chi connectivity index (χ1n) is 5.53. The molecule has 1 aromatic rings. The highest BCUT2D eigenvalue weighted by atomic mass is 16.1. The van der Waals surface area contributed by atoms with E-state index in [4.69, 9.17) is 0 Å². The van der Waals surface area contributed by atoms with E-state index >= 15 is 0 Å². The van der Waals surface area contributed by atoms with E-state index in [1.807, 2.05) is 27.7 Å². The van der Waals surface area contributed by atoms with Crippen LogP contribution in [-0.4, -0.2) is 23.0 Å². The van der Waals surface area contributed by atoms with Gasteiger partial charge in [-0.05, 0) is 39.8 Å². The molecule has 0 aromatic carbocycles. The molecule has 16 heavy (non-hydrogen) atoms. The molecule has 0 spiro atoms. The van der Waals surface area contributed by atoms with Crippen molar-refractivity contribution in [2.45, 2.75) is 39.8 Å². The lowest BCUT2D eigenvalue weighted by Crippen LogP contribution is -2.31. The summed E-state index contributed by atoms with van der Waals surface area (Å²) in [5.41, 5.74) is 0.588. The summed E-state index contributed by atoms with van der Waals surface area (Å²) in [6.45, 7) is 7.89. The first kappa shape index (κ1) is 12.5. The van der Waals surface area contributed by atoms with Gasteiger partial charge in [-0.15, -0.1) is 0 Å². The molecule has 4 heteroatoms. The summed E-state index contributed by atoms with van der Waals surface area (Å²) in [4.78, 5) is 16.0. The molecule has 4 nitrogen and oxygen atoms in total. The van der Waals surface area contributed by atoms with E-state index in [0.717, 1.165) is 0 Å². The fourth-order valence-electron chi connectivity index (χ4n) is 1.32. The normalized spacial score (nSPS) is 10.6. The first-order valence-corrected chi connectivity index (χ1v) is 5.53. The lowest BCUT2D eigenvalue weighted by atomic mass is 10.2. The largest absolute Gasteiger partial charge is 0.367 e. The summed E-state index contributed by atoms with van der Waals surface area (Å²) in [6, 6.07) is 3.91. The third-order valence-corrected chi connectivity index (χ3v) is 1.90. The predicted octanol–water partition coefficient (Wildman–Crippen LogP) is 2.04. The topological polar surface area (TPSA) is 54.0 Å². The minimum Gasteiger partial charge on any atom is -0.367 e. The molecule has 0 aliphatic rings. The van der Waals surface area contributed by atoms with E-state index in [9.17, 15) is 4.79 Å². The molecule has 0 atom stereocenters. The van der Waals surface area contributed by atoms with Crippen LogP contribution in [0.4, 0.5) is 5.82 Å². The number of hydrogen-bond donors (Lipinski definition) is 2. The number of carbonyl (C=O) groups excluding carboxylic acids is 1. The molecule has 0 fully saturated rings. The molecule has 0 saturated carbocycles. The summed E-state index contributed by atoms with van der Waals surface area (Å²) in [5, 5.41) is 6.01. The van der Waals surface area contributed by atoms with E-state index in [-0.39, 0.29) is 18.0 Å². The Morgan fingerprint density at radius 2 is 1.94 bits per heavy atom. The van der Waals surface area contributed by atoms with Crippen molar-refractivity contribution in [1.29, 1.82) is 0 Å². The molecule has 0 unspecified atom stereocenters. The quantitative estimate of drug-likeness (QED) is 0.818. The Bertz CT molecular complexity index is 361. The minimum atomic E-state index is -0.0914. The fraction of sp³-hybridized carbons (Fsp3) is 0.500. The molecular weight excluding hydrogens is 202 g/mol. The van der Waals surface area contributed by atoms with Crippen LogP contribution >= 0.6 is 0 Å². The van der Waals surface area contributed by atoms with Gasteiger partial charge in [-0.2, -0.15) is 0 Å². The zero-order valence-electron chi connectivity index (χ0n) is 10.2. The Kier molecular flexibility index (Phi) is 4.28. The van der Waals surface area contributed by atoms with Crippen molar-refractivity contribution in [3.8, 4) is 0 Å². The van der Waals surface area contributed by atoms with E-state index in [1.165, 1.54) is 0 Å². The second-order valence-electron chi connectivity index (χ2n) is 4.33. The van der Waals surface area contributed by atoms with Crippen LogP contribution in [0.1, 0.15) is 38.1 Å². The zero-order valence-corrected chi connectivity index (χ0v) is 10.2. The summed E-state index contributed by atoms with van der Waals surface area (Å²) in [7, 11) is 0. The molecule has 88 valence electrons. The van der Waals surface area contributed by atoms with Crippen molar-refractivity contribution in [1.82, 2.24) is 10.3 Å². The molecule has 1 heterocycles. The Labute approximate surface area is 96.5 Å². The molecule has 2 N–H and O–H groups in total. The standard InChI is InChI=1S/C12H19N3O/c1-8(2)14-11-10(6-5-7-13-11)12(16)15-9(3)4/h5-9H,1-4H3,(H,13,14)(H,15,16). The number of nitrogens with zero attached hydrogens (tertiary/aromatic N) is 1. The van der Waals surface area contributed by atoms with Crippen molar-refractivity contribution in [3.63, 3.8) is 0 Å². The smallest absolute Gasteiger partial charge is 0.255 e. The Morgan fingerprint density at radius 1 is 1.25 bits per heavy atom. The maximum atomic E-state index is 11.9. The van der Waals surface area contributed by atoms with Gasteiger partial charge in [-0.3, -0.25) is 4.79 Å². The van der Waals surface area contributed by atoms with Crippen molar-refractivity contribution in [2.75, 3.05) is 5.32 Å². The molecule has 0 aliphatic heterocycles. The van der Waals surface area contributed by atoms with Gasteiger partial charge >= 0.3 is 0 Å². The first-order chi connectivity index (χ1) is 7.50. The van der Waals surface area contributed by atoms with Gasteiger partial charge in [0.05, 0.1) is 5.56 Å². The number of aromatic nitrogens is 1. The van der Waals surface area contributed by atoms with Crippen LogP contribution in [0.3, 0.4) is 0 Å². The van der Waals surface area contributed by atoms with E-state index in [2.05, 4.69) is 15.6 Å². The predicted molar refractivity (Wildman–Crippen MR) is 65.6 cm³/mol. The Morgan fingerprint density at radius 3 is 2.50 bits per heavy atom. The summed E-state index contributed by atoms with van der Waals surface area (Å²) < 4.78 is 0. The van der Waals surface area contributed by atoms with Crippen LogP contribution in [-0.2, 0) is 0 Å². The number of amides is 1. The highest BCUT2D eigenvalue weighted by Crippen LogP contribution is 2.12. The number of nitrogens with one attached hydrogen (secondary N) is 2. The number of carbonyl (C=O) groups is 1. The van der Waals surface area contributed by atoms with Crippen molar-refractivity contribution >= 4 is 11.7 Å². The summed E-state index contributed by atoms with van der Waals surface area (Å²) in [6.07, 6.45) is 1.68. The molecule has 1 aromatic heterocycles. The van der Waals surface area contributed by atoms with Gasteiger partial charge in [-0.25, -0.2) is 4.98 Å². The van der Waals surface area contributed by atoms with Gasteiger partial charge in [0.1, 0.15) is 5.82 Å². The molecule has 0 aliphatic carbocycles.